The van der Waals surface area contributed by atoms with Crippen LogP contribution in [0.1, 0.15) is 89.7 Å². The van der Waals surface area contributed by atoms with Crippen LogP contribution in [0, 0.1) is 6.92 Å². The van der Waals surface area contributed by atoms with E-state index in [0.717, 1.165) is 74.9 Å². The third-order valence-electron chi connectivity index (χ3n) is 11.5. The van der Waals surface area contributed by atoms with E-state index in [9.17, 15) is 9.59 Å². The van der Waals surface area contributed by atoms with E-state index < -0.39 is 0 Å². The quantitative estimate of drug-likeness (QED) is 0.179. The summed E-state index contributed by atoms with van der Waals surface area (Å²) in [6.07, 6.45) is 13.2. The topological polar surface area (TPSA) is 83.5 Å². The number of anilines is 3. The largest absolute Gasteiger partial charge is 0.371 e. The lowest BCUT2D eigenvalue weighted by Gasteiger charge is -2.42. The summed E-state index contributed by atoms with van der Waals surface area (Å²) in [5, 5.41) is 6.01. The van der Waals surface area contributed by atoms with Crippen molar-refractivity contribution in [3.8, 4) is 0 Å². The fraction of sp³-hybridized carbons (Fsp3) is 0.477. The minimum absolute atomic E-state index is 0.204. The van der Waals surface area contributed by atoms with Crippen molar-refractivity contribution in [2.24, 2.45) is 4.99 Å². The Morgan fingerprint density at radius 2 is 1.68 bits per heavy atom. The lowest BCUT2D eigenvalue weighted by molar-refractivity contribution is -0.120. The molecule has 0 spiro atoms. The molecule has 3 amide bonds. The monoisotopic (exact) mass is 717 g/mol. The van der Waals surface area contributed by atoms with Crippen LogP contribution < -0.4 is 20.4 Å². The lowest BCUT2D eigenvalue weighted by atomic mass is 9.88. The number of piperidine rings is 2. The fourth-order valence-corrected chi connectivity index (χ4v) is 8.45. The Kier molecular flexibility index (Phi) is 12.6. The van der Waals surface area contributed by atoms with Gasteiger partial charge < -0.3 is 20.0 Å². The minimum Gasteiger partial charge on any atom is -0.371 e. The maximum absolute atomic E-state index is 12.4. The first-order valence-corrected chi connectivity index (χ1v) is 19.7. The smallest absolute Gasteiger partial charge is 0.328 e. The number of amides is 3. The van der Waals surface area contributed by atoms with Crippen LogP contribution in [-0.2, 0) is 4.79 Å². The third-order valence-corrected chi connectivity index (χ3v) is 11.5. The Balaban J connectivity index is 0.967. The molecule has 0 saturated carbocycles. The van der Waals surface area contributed by atoms with Crippen LogP contribution in [0.3, 0.4) is 0 Å². The molecule has 0 aliphatic carbocycles. The zero-order valence-corrected chi connectivity index (χ0v) is 32.6. The van der Waals surface area contributed by atoms with E-state index in [4.69, 9.17) is 4.99 Å². The van der Waals surface area contributed by atoms with Crippen molar-refractivity contribution in [1.29, 1.82) is 0 Å². The Hall–Kier alpha value is -4.63. The summed E-state index contributed by atoms with van der Waals surface area (Å²) in [4.78, 5) is 38.2. The van der Waals surface area contributed by atoms with Crippen LogP contribution in [-0.4, -0.2) is 79.8 Å². The Morgan fingerprint density at radius 3 is 2.30 bits per heavy atom. The summed E-state index contributed by atoms with van der Waals surface area (Å²) in [5.41, 5.74) is 10.9. The molecule has 53 heavy (non-hydrogen) atoms. The molecular weight excluding hydrogens is 659 g/mol. The second-order valence-electron chi connectivity index (χ2n) is 15.3. The number of hydrogen-bond donors (Lipinski definition) is 2. The molecule has 2 N–H and O–H groups in total. The van der Waals surface area contributed by atoms with Crippen LogP contribution in [0.15, 0.2) is 94.4 Å². The van der Waals surface area contributed by atoms with Gasteiger partial charge in [-0.3, -0.25) is 15.0 Å². The number of rotatable bonds is 11. The first-order chi connectivity index (χ1) is 25.6. The first-order valence-electron chi connectivity index (χ1n) is 19.7. The number of likely N-dealkylation sites (tertiary alicyclic amines) is 1. The molecule has 2 aromatic rings. The highest BCUT2D eigenvalue weighted by atomic mass is 16.2. The first kappa shape index (κ1) is 38.1. The van der Waals surface area contributed by atoms with E-state index in [1.165, 1.54) is 59.4 Å². The molecule has 9 heteroatoms. The number of benzene rings is 2. The number of aliphatic imine (C=N–C) groups is 1. The molecule has 6 rings (SSSR count). The van der Waals surface area contributed by atoms with Crippen molar-refractivity contribution in [3.63, 3.8) is 0 Å². The average Bonchev–Trinajstić information content (AvgIpc) is 3.15. The van der Waals surface area contributed by atoms with Crippen molar-refractivity contribution in [2.45, 2.75) is 91.5 Å². The van der Waals surface area contributed by atoms with E-state index in [1.807, 2.05) is 12.1 Å². The average molecular weight is 718 g/mol. The summed E-state index contributed by atoms with van der Waals surface area (Å²) < 4.78 is 0. The van der Waals surface area contributed by atoms with Gasteiger partial charge in [-0.25, -0.2) is 9.79 Å². The molecule has 282 valence electrons. The number of aryl methyl sites for hydroxylation is 1. The maximum Gasteiger partial charge on any atom is 0.328 e. The van der Waals surface area contributed by atoms with Gasteiger partial charge >= 0.3 is 6.03 Å². The number of hydrogen-bond acceptors (Lipinski definition) is 7. The minimum atomic E-state index is -0.329. The number of nitrogens with one attached hydrogen (secondary N) is 2. The van der Waals surface area contributed by atoms with Crippen LogP contribution >= 0.6 is 0 Å². The van der Waals surface area contributed by atoms with Crippen LogP contribution in [0.4, 0.5) is 21.9 Å². The Labute approximate surface area is 317 Å². The van der Waals surface area contributed by atoms with Crippen LogP contribution in [0.5, 0.6) is 0 Å². The molecule has 4 aliphatic heterocycles. The van der Waals surface area contributed by atoms with Crippen LogP contribution in [0.25, 0.3) is 0 Å². The zero-order chi connectivity index (χ0) is 37.5. The number of carbonyl (C=O) groups is 2. The van der Waals surface area contributed by atoms with E-state index in [0.29, 0.717) is 24.9 Å². The number of allylic oxidation sites excluding steroid dienone is 3. The van der Waals surface area contributed by atoms with Gasteiger partial charge in [0.25, 0.3) is 0 Å². The van der Waals surface area contributed by atoms with Gasteiger partial charge in [-0.05, 0) is 150 Å². The molecule has 3 fully saturated rings. The zero-order valence-electron chi connectivity index (χ0n) is 32.6. The predicted octanol–water partition coefficient (Wildman–Crippen LogP) is 8.53. The van der Waals surface area contributed by atoms with Crippen molar-refractivity contribution in [2.75, 3.05) is 60.9 Å². The van der Waals surface area contributed by atoms with Gasteiger partial charge in [0.05, 0.1) is 0 Å². The Morgan fingerprint density at radius 1 is 0.943 bits per heavy atom. The fourth-order valence-electron chi connectivity index (χ4n) is 8.45. The number of nitrogens with zero attached hydrogens (tertiary/aromatic N) is 5. The molecule has 0 bridgehead atoms. The normalized spacial score (nSPS) is 19.9. The number of urea groups is 1. The number of imide groups is 1. The lowest BCUT2D eigenvalue weighted by Crippen LogP contribution is -2.49. The highest BCUT2D eigenvalue weighted by Gasteiger charge is 2.30. The van der Waals surface area contributed by atoms with Crippen molar-refractivity contribution < 1.29 is 9.59 Å². The molecule has 0 atom stereocenters. The number of carbonyl (C=O) groups excluding carboxylic acids is 2. The van der Waals surface area contributed by atoms with Crippen molar-refractivity contribution in [1.82, 2.24) is 15.1 Å². The maximum atomic E-state index is 12.4. The van der Waals surface area contributed by atoms with Gasteiger partial charge in [-0.2, -0.15) is 0 Å². The van der Waals surface area contributed by atoms with E-state index in [1.54, 1.807) is 4.90 Å². The standard InChI is InChI=1S/C44H59N7O2/c1-7-9-42(45-29-36-18-24-50(30-33(36)6)40(8-2)31(3)4)46-37-12-10-34(11-13-37)35-16-22-48(23-17-35)38-19-25-49(26-20-38)39-14-15-41(32(5)28-39)51-27-21-43(52)47-44(51)53/h8-15,28-29,35,38,46H,2,7,16-27,30H2,1,3-6H3,(H,47,52,53)/b42-9-,45-29-. The molecule has 9 nitrogen and oxygen atoms in total. The molecule has 0 radical (unpaired) electrons. The predicted molar refractivity (Wildman–Crippen MR) is 220 cm³/mol. The molecular formula is C44H59N7O2. The summed E-state index contributed by atoms with van der Waals surface area (Å²) in [5.74, 6) is 1.29. The van der Waals surface area contributed by atoms with Crippen molar-refractivity contribution in [3.05, 3.63) is 101 Å². The van der Waals surface area contributed by atoms with E-state index in [2.05, 4.69) is 115 Å². The van der Waals surface area contributed by atoms with Gasteiger partial charge in [-0.15, -0.1) is 0 Å². The van der Waals surface area contributed by atoms with Crippen molar-refractivity contribution >= 4 is 35.2 Å². The van der Waals surface area contributed by atoms with Gasteiger partial charge in [0.1, 0.15) is 5.82 Å². The van der Waals surface area contributed by atoms with Gasteiger partial charge in [-0.1, -0.05) is 31.2 Å². The third kappa shape index (κ3) is 9.30. The van der Waals surface area contributed by atoms with Crippen LogP contribution in [0.2, 0.25) is 0 Å². The highest BCUT2D eigenvalue weighted by Crippen LogP contribution is 2.33. The summed E-state index contributed by atoms with van der Waals surface area (Å²) in [6, 6.07) is 15.7. The molecule has 0 aromatic heterocycles. The summed E-state index contributed by atoms with van der Waals surface area (Å²) in [6.45, 7) is 21.5. The SMILES string of the molecule is C=CC(=C(C)C)N1CCC(/C=N\C(=C\CC)Nc2ccc(C3CCN(C4CCN(c5ccc(N6CCC(=O)NC6=O)c(C)c5)CC4)CC3)cc2)=C(C)C1. The summed E-state index contributed by atoms with van der Waals surface area (Å²) >= 11 is 0. The molecule has 2 aromatic carbocycles. The highest BCUT2D eigenvalue weighted by molar-refractivity contribution is 6.06. The molecule has 4 aliphatic rings. The van der Waals surface area contributed by atoms with Gasteiger partial charge in [0.15, 0.2) is 0 Å². The van der Waals surface area contributed by atoms with Gasteiger partial charge in [0, 0.05) is 74.2 Å². The Bertz CT molecular complexity index is 1770. The van der Waals surface area contributed by atoms with E-state index >= 15 is 0 Å². The molecule has 4 heterocycles. The molecule has 3 saturated heterocycles. The second-order valence-corrected chi connectivity index (χ2v) is 15.3. The second kappa shape index (κ2) is 17.5. The molecule has 0 unspecified atom stereocenters. The van der Waals surface area contributed by atoms with Gasteiger partial charge in [0.2, 0.25) is 5.91 Å². The summed E-state index contributed by atoms with van der Waals surface area (Å²) in [7, 11) is 0. The van der Waals surface area contributed by atoms with E-state index in [-0.39, 0.29) is 11.9 Å².